The van der Waals surface area contributed by atoms with E-state index < -0.39 is 4.92 Å². The lowest BCUT2D eigenvalue weighted by Crippen LogP contribution is -2.12. The number of aliphatic hydroxyl groups excluding tert-OH is 1. The monoisotopic (exact) mass is 247 g/mol. The van der Waals surface area contributed by atoms with Crippen molar-refractivity contribution in [3.63, 3.8) is 0 Å². The van der Waals surface area contributed by atoms with Crippen LogP contribution in [0.2, 0.25) is 0 Å². The van der Waals surface area contributed by atoms with Gasteiger partial charge in [-0.3, -0.25) is 10.1 Å². The van der Waals surface area contributed by atoms with Gasteiger partial charge < -0.3 is 5.11 Å². The van der Waals surface area contributed by atoms with E-state index in [2.05, 4.69) is 15.9 Å². The lowest BCUT2D eigenvalue weighted by atomic mass is 9.97. The molecule has 0 aliphatic heterocycles. The molecule has 0 unspecified atom stereocenters. The maximum Gasteiger partial charge on any atom is 0.274 e. The highest BCUT2D eigenvalue weighted by atomic mass is 79.9. The molecule has 0 fully saturated rings. The molecule has 13 heavy (non-hydrogen) atoms. The fraction of sp³-hybridized carbons (Fsp3) is 0.500. The Kier molecular flexibility index (Phi) is 3.22. The Morgan fingerprint density at radius 3 is 2.62 bits per heavy atom. The predicted molar refractivity (Wildman–Crippen MR) is 52.0 cm³/mol. The highest BCUT2D eigenvalue weighted by molar-refractivity contribution is 9.11. The van der Waals surface area contributed by atoms with Crippen molar-refractivity contribution < 1.29 is 10.0 Å². The molecule has 0 radical (unpaired) electrons. The molecule has 0 heterocycles. The Balaban J connectivity index is 3.18. The summed E-state index contributed by atoms with van der Waals surface area (Å²) in [6.07, 6.45) is 1.42. The summed E-state index contributed by atoms with van der Waals surface area (Å²) in [4.78, 5) is 10.2. The second kappa shape index (κ2) is 4.02. The summed E-state index contributed by atoms with van der Waals surface area (Å²) in [7, 11) is 0. The number of allylic oxidation sites excluding steroid dienone is 2. The maximum atomic E-state index is 10.7. The summed E-state index contributed by atoms with van der Waals surface area (Å²) in [5, 5.41) is 19.6. The summed E-state index contributed by atoms with van der Waals surface area (Å²) in [5.74, 6) is 0. The fourth-order valence-corrected chi connectivity index (χ4v) is 1.89. The molecule has 0 aromatic heterocycles. The first-order chi connectivity index (χ1) is 6.07. The zero-order chi connectivity index (χ0) is 10.0. The normalized spacial score (nSPS) is 18.1. The molecule has 72 valence electrons. The third-order valence-corrected chi connectivity index (χ3v) is 2.95. The molecule has 1 rings (SSSR count). The smallest absolute Gasteiger partial charge is 0.274 e. The van der Waals surface area contributed by atoms with Crippen molar-refractivity contribution in [3.8, 4) is 0 Å². The molecule has 0 atom stereocenters. The van der Waals surface area contributed by atoms with Crippen LogP contribution in [-0.2, 0) is 0 Å². The zero-order valence-electron chi connectivity index (χ0n) is 7.21. The van der Waals surface area contributed by atoms with Gasteiger partial charge in [-0.05, 0) is 19.8 Å². The second-order valence-corrected chi connectivity index (χ2v) is 3.88. The highest BCUT2D eigenvalue weighted by Gasteiger charge is 2.26. The van der Waals surface area contributed by atoms with Crippen LogP contribution in [0.15, 0.2) is 21.3 Å². The molecule has 4 nitrogen and oxygen atoms in total. The van der Waals surface area contributed by atoms with Crippen molar-refractivity contribution in [2.45, 2.75) is 19.8 Å². The van der Waals surface area contributed by atoms with Gasteiger partial charge in [0.1, 0.15) is 0 Å². The van der Waals surface area contributed by atoms with Gasteiger partial charge in [-0.15, -0.1) is 0 Å². The van der Waals surface area contributed by atoms with Crippen LogP contribution in [-0.4, -0.2) is 16.6 Å². The van der Waals surface area contributed by atoms with Crippen molar-refractivity contribution in [1.82, 2.24) is 0 Å². The number of hydrogen-bond acceptors (Lipinski definition) is 3. The molecule has 1 aliphatic carbocycles. The average molecular weight is 248 g/mol. The molecule has 0 spiro atoms. The Morgan fingerprint density at radius 2 is 2.23 bits per heavy atom. The summed E-state index contributed by atoms with van der Waals surface area (Å²) in [6, 6.07) is 0. The minimum atomic E-state index is -0.429. The van der Waals surface area contributed by atoms with Crippen LogP contribution in [0, 0.1) is 10.1 Å². The summed E-state index contributed by atoms with van der Waals surface area (Å²) < 4.78 is 0.743. The van der Waals surface area contributed by atoms with E-state index >= 15 is 0 Å². The summed E-state index contributed by atoms with van der Waals surface area (Å²) in [5.41, 5.74) is 1.21. The van der Waals surface area contributed by atoms with Gasteiger partial charge in [0.05, 0.1) is 17.1 Å². The van der Waals surface area contributed by atoms with Crippen LogP contribution in [0.4, 0.5) is 0 Å². The lowest BCUT2D eigenvalue weighted by molar-refractivity contribution is -0.422. The molecule has 0 saturated carbocycles. The second-order valence-electron chi connectivity index (χ2n) is 2.93. The van der Waals surface area contributed by atoms with Crippen molar-refractivity contribution in [1.29, 1.82) is 0 Å². The van der Waals surface area contributed by atoms with Crippen LogP contribution in [0.1, 0.15) is 19.8 Å². The number of nitro groups is 1. The molecule has 1 aliphatic rings. The van der Waals surface area contributed by atoms with Gasteiger partial charge in [-0.25, -0.2) is 0 Å². The molecule has 1 N–H and O–H groups in total. The minimum Gasteiger partial charge on any atom is -0.391 e. The van der Waals surface area contributed by atoms with Gasteiger partial charge in [-0.2, -0.15) is 0 Å². The standard InChI is InChI=1S/C8H10BrNO3/c1-5-2-3-7(9)6(4-11)8(5)10(12)13/h11H,2-4H2,1H3. The van der Waals surface area contributed by atoms with Crippen LogP contribution < -0.4 is 0 Å². The first-order valence-corrected chi connectivity index (χ1v) is 4.70. The molecular formula is C8H10BrNO3. The minimum absolute atomic E-state index is 0.0700. The van der Waals surface area contributed by atoms with E-state index in [0.29, 0.717) is 12.0 Å². The lowest BCUT2D eigenvalue weighted by Gasteiger charge is -2.14. The number of nitrogens with zero attached hydrogens (tertiary/aromatic N) is 1. The predicted octanol–water partition coefficient (Wildman–Crippen LogP) is 1.97. The van der Waals surface area contributed by atoms with Gasteiger partial charge in [0, 0.05) is 10.1 Å². The van der Waals surface area contributed by atoms with Crippen molar-refractivity contribution in [2.24, 2.45) is 0 Å². The van der Waals surface area contributed by atoms with Crippen LogP contribution in [0.5, 0.6) is 0 Å². The Morgan fingerprint density at radius 1 is 1.62 bits per heavy atom. The number of aliphatic hydroxyl groups is 1. The van der Waals surface area contributed by atoms with Gasteiger partial charge >= 0.3 is 0 Å². The van der Waals surface area contributed by atoms with Gasteiger partial charge in [0.15, 0.2) is 0 Å². The first-order valence-electron chi connectivity index (χ1n) is 3.90. The Bertz CT molecular complexity index is 307. The van der Waals surface area contributed by atoms with E-state index in [9.17, 15) is 10.1 Å². The van der Waals surface area contributed by atoms with E-state index in [4.69, 9.17) is 5.11 Å². The Labute approximate surface area is 84.2 Å². The average Bonchev–Trinajstić information content (AvgIpc) is 2.07. The molecule has 0 bridgehead atoms. The van der Waals surface area contributed by atoms with Crippen molar-refractivity contribution in [2.75, 3.05) is 6.61 Å². The third kappa shape index (κ3) is 1.97. The molecular weight excluding hydrogens is 238 g/mol. The third-order valence-electron chi connectivity index (χ3n) is 2.08. The topological polar surface area (TPSA) is 63.4 Å². The molecule has 0 amide bonds. The maximum absolute atomic E-state index is 10.7. The highest BCUT2D eigenvalue weighted by Crippen LogP contribution is 2.33. The fourth-order valence-electron chi connectivity index (χ4n) is 1.38. The zero-order valence-corrected chi connectivity index (χ0v) is 8.80. The van der Waals surface area contributed by atoms with Crippen molar-refractivity contribution in [3.05, 3.63) is 31.4 Å². The SMILES string of the molecule is CC1=C([N+](=O)[O-])C(CO)=C(Br)CC1. The van der Waals surface area contributed by atoms with Gasteiger partial charge in [-0.1, -0.05) is 15.9 Å². The largest absolute Gasteiger partial charge is 0.391 e. The van der Waals surface area contributed by atoms with E-state index in [1.54, 1.807) is 6.92 Å². The summed E-state index contributed by atoms with van der Waals surface area (Å²) >= 11 is 3.23. The van der Waals surface area contributed by atoms with Crippen LogP contribution >= 0.6 is 15.9 Å². The number of hydrogen-bond donors (Lipinski definition) is 1. The molecule has 5 heteroatoms. The van der Waals surface area contributed by atoms with Crippen LogP contribution in [0.3, 0.4) is 0 Å². The van der Waals surface area contributed by atoms with Gasteiger partial charge in [0.2, 0.25) is 0 Å². The van der Waals surface area contributed by atoms with E-state index in [1.807, 2.05) is 0 Å². The number of rotatable bonds is 2. The Hall–Kier alpha value is -0.680. The molecule has 0 aromatic rings. The quantitative estimate of drug-likeness (QED) is 0.600. The van der Waals surface area contributed by atoms with E-state index in [0.717, 1.165) is 16.5 Å². The van der Waals surface area contributed by atoms with Crippen LogP contribution in [0.25, 0.3) is 0 Å². The van der Waals surface area contributed by atoms with E-state index in [-0.39, 0.29) is 12.3 Å². The molecule has 0 saturated heterocycles. The van der Waals surface area contributed by atoms with Crippen molar-refractivity contribution >= 4 is 15.9 Å². The van der Waals surface area contributed by atoms with E-state index in [1.165, 1.54) is 0 Å². The van der Waals surface area contributed by atoms with Gasteiger partial charge in [0.25, 0.3) is 5.70 Å². The first kappa shape index (κ1) is 10.4. The summed E-state index contributed by atoms with van der Waals surface area (Å²) in [6.45, 7) is 1.45. The molecule has 0 aromatic carbocycles. The number of halogens is 1.